The number of nitrogens with zero attached hydrogens (tertiary/aromatic N) is 3. The molecule has 0 bridgehead atoms. The molecule has 0 spiro atoms. The van der Waals surface area contributed by atoms with E-state index in [0.29, 0.717) is 17.1 Å². The average Bonchev–Trinajstić information content (AvgIpc) is 3.19. The molecule has 1 aromatic heterocycles. The van der Waals surface area contributed by atoms with Crippen molar-refractivity contribution in [2.24, 2.45) is 5.73 Å². The van der Waals surface area contributed by atoms with Crippen LogP contribution in [0.5, 0.6) is 0 Å². The molecule has 1 aliphatic heterocycles. The highest BCUT2D eigenvalue weighted by Crippen LogP contribution is 2.25. The zero-order valence-electron chi connectivity index (χ0n) is 13.6. The first kappa shape index (κ1) is 16.9. The Kier molecular flexibility index (Phi) is 4.66. The van der Waals surface area contributed by atoms with Gasteiger partial charge in [-0.25, -0.2) is 14.2 Å². The number of carbonyl (C=O) groups is 2. The summed E-state index contributed by atoms with van der Waals surface area (Å²) >= 11 is 0. The van der Waals surface area contributed by atoms with Gasteiger partial charge in [0, 0.05) is 19.7 Å². The third-order valence-electron chi connectivity index (χ3n) is 3.82. The maximum Gasteiger partial charge on any atom is 0.414 e. The summed E-state index contributed by atoms with van der Waals surface area (Å²) in [5.74, 6) is -0.710. The minimum Gasteiger partial charge on any atom is -0.442 e. The lowest BCUT2D eigenvalue weighted by Crippen LogP contribution is -2.33. The van der Waals surface area contributed by atoms with Gasteiger partial charge in [0.1, 0.15) is 11.9 Å². The summed E-state index contributed by atoms with van der Waals surface area (Å²) in [5.41, 5.74) is 6.84. The monoisotopic (exact) mass is 347 g/mol. The Morgan fingerprint density at radius 2 is 2.32 bits per heavy atom. The van der Waals surface area contributed by atoms with Crippen molar-refractivity contribution in [3.05, 3.63) is 42.2 Å². The third-order valence-corrected chi connectivity index (χ3v) is 3.82. The van der Waals surface area contributed by atoms with Crippen LogP contribution in [0.25, 0.3) is 5.69 Å². The summed E-state index contributed by atoms with van der Waals surface area (Å²) in [7, 11) is 0. The summed E-state index contributed by atoms with van der Waals surface area (Å²) in [4.78, 5) is 28.3. The predicted octanol–water partition coefficient (Wildman–Crippen LogP) is 0.931. The van der Waals surface area contributed by atoms with Crippen LogP contribution in [0.1, 0.15) is 12.6 Å². The summed E-state index contributed by atoms with van der Waals surface area (Å²) in [6.45, 7) is 2.10. The van der Waals surface area contributed by atoms with Crippen molar-refractivity contribution in [3.63, 3.8) is 0 Å². The molecule has 1 aliphatic rings. The van der Waals surface area contributed by atoms with Gasteiger partial charge in [-0.3, -0.25) is 9.69 Å². The molecule has 2 aromatic rings. The van der Waals surface area contributed by atoms with Gasteiger partial charge in [0.05, 0.1) is 36.5 Å². The SMILES string of the molecule is CC(=O)NCC1CN(c2ccc(-n3cnc(CN)c3)c(F)c2)C(=O)O1. The molecule has 2 amide bonds. The molecule has 0 radical (unpaired) electrons. The minimum absolute atomic E-state index is 0.206. The maximum absolute atomic E-state index is 14.5. The molecular weight excluding hydrogens is 329 g/mol. The van der Waals surface area contributed by atoms with Crippen molar-refractivity contribution in [1.29, 1.82) is 0 Å². The van der Waals surface area contributed by atoms with E-state index in [1.165, 1.54) is 28.8 Å². The van der Waals surface area contributed by atoms with Crippen LogP contribution < -0.4 is 16.0 Å². The second-order valence-electron chi connectivity index (χ2n) is 5.67. The van der Waals surface area contributed by atoms with Gasteiger partial charge in [0.15, 0.2) is 0 Å². The molecule has 0 saturated carbocycles. The van der Waals surface area contributed by atoms with E-state index in [2.05, 4.69) is 10.3 Å². The van der Waals surface area contributed by atoms with Crippen molar-refractivity contribution in [2.75, 3.05) is 18.0 Å². The number of aromatic nitrogens is 2. The number of hydrogen-bond acceptors (Lipinski definition) is 5. The Hall–Kier alpha value is -2.94. The number of ether oxygens (including phenoxy) is 1. The standard InChI is InChI=1S/C16H18FN5O3/c1-10(23)19-6-13-8-22(16(24)25-13)12-2-3-15(14(17)4-12)21-7-11(5-18)20-9-21/h2-4,7,9,13H,5-6,8,18H2,1H3,(H,19,23). The lowest BCUT2D eigenvalue weighted by Gasteiger charge is -2.14. The lowest BCUT2D eigenvalue weighted by molar-refractivity contribution is -0.119. The lowest BCUT2D eigenvalue weighted by atomic mass is 10.2. The van der Waals surface area contributed by atoms with Crippen LogP contribution >= 0.6 is 0 Å². The van der Waals surface area contributed by atoms with E-state index in [1.807, 2.05) is 0 Å². The van der Waals surface area contributed by atoms with Gasteiger partial charge >= 0.3 is 6.09 Å². The molecule has 1 aromatic carbocycles. The summed E-state index contributed by atoms with van der Waals surface area (Å²) < 4.78 is 21.2. The third kappa shape index (κ3) is 3.61. The first-order valence-corrected chi connectivity index (χ1v) is 7.73. The first-order chi connectivity index (χ1) is 12.0. The number of benzene rings is 1. The fraction of sp³-hybridized carbons (Fsp3) is 0.312. The average molecular weight is 347 g/mol. The van der Waals surface area contributed by atoms with Crippen molar-refractivity contribution >= 4 is 17.7 Å². The van der Waals surface area contributed by atoms with Gasteiger partial charge < -0.3 is 20.4 Å². The quantitative estimate of drug-likeness (QED) is 0.838. The summed E-state index contributed by atoms with van der Waals surface area (Å²) in [6.07, 6.45) is 2.08. The Bertz CT molecular complexity index is 807. The van der Waals surface area contributed by atoms with Crippen LogP contribution in [0, 0.1) is 5.82 Å². The van der Waals surface area contributed by atoms with Crippen molar-refractivity contribution < 1.29 is 18.7 Å². The Labute approximate surface area is 143 Å². The number of halogens is 1. The van der Waals surface area contributed by atoms with Crippen molar-refractivity contribution in [3.8, 4) is 5.69 Å². The van der Waals surface area contributed by atoms with E-state index in [4.69, 9.17) is 10.5 Å². The Morgan fingerprint density at radius 1 is 1.52 bits per heavy atom. The number of amides is 2. The van der Waals surface area contributed by atoms with Crippen LogP contribution in [0.15, 0.2) is 30.7 Å². The second-order valence-corrected chi connectivity index (χ2v) is 5.67. The zero-order valence-corrected chi connectivity index (χ0v) is 13.6. The van der Waals surface area contributed by atoms with E-state index >= 15 is 0 Å². The number of hydrogen-bond donors (Lipinski definition) is 2. The van der Waals surface area contributed by atoms with E-state index in [1.54, 1.807) is 18.3 Å². The van der Waals surface area contributed by atoms with Crippen molar-refractivity contribution in [2.45, 2.75) is 19.6 Å². The number of rotatable bonds is 5. The molecule has 25 heavy (non-hydrogen) atoms. The van der Waals surface area contributed by atoms with Gasteiger partial charge in [0.25, 0.3) is 0 Å². The Balaban J connectivity index is 1.76. The second kappa shape index (κ2) is 6.89. The van der Waals surface area contributed by atoms with E-state index in [0.717, 1.165) is 0 Å². The number of anilines is 1. The molecule has 1 saturated heterocycles. The van der Waals surface area contributed by atoms with Gasteiger partial charge in [-0.15, -0.1) is 0 Å². The summed E-state index contributed by atoms with van der Waals surface area (Å²) in [6, 6.07) is 4.45. The molecule has 9 heteroatoms. The smallest absolute Gasteiger partial charge is 0.414 e. The molecular formula is C16H18FN5O3. The molecule has 8 nitrogen and oxygen atoms in total. The molecule has 3 N–H and O–H groups in total. The number of cyclic esters (lactones) is 1. The number of nitrogens with one attached hydrogen (secondary N) is 1. The number of imidazole rings is 1. The van der Waals surface area contributed by atoms with Crippen LogP contribution in [0.4, 0.5) is 14.9 Å². The molecule has 0 aliphatic carbocycles. The van der Waals surface area contributed by atoms with E-state index in [-0.39, 0.29) is 25.5 Å². The molecule has 1 unspecified atom stereocenters. The Morgan fingerprint density at radius 3 is 2.96 bits per heavy atom. The molecule has 2 heterocycles. The van der Waals surface area contributed by atoms with Crippen LogP contribution in [-0.2, 0) is 16.1 Å². The highest BCUT2D eigenvalue weighted by molar-refractivity contribution is 5.90. The summed E-state index contributed by atoms with van der Waals surface area (Å²) in [5, 5.41) is 2.59. The molecule has 132 valence electrons. The maximum atomic E-state index is 14.5. The minimum atomic E-state index is -0.574. The van der Waals surface area contributed by atoms with Gasteiger partial charge in [-0.05, 0) is 18.2 Å². The highest BCUT2D eigenvalue weighted by atomic mass is 19.1. The van der Waals surface area contributed by atoms with Crippen molar-refractivity contribution in [1.82, 2.24) is 14.9 Å². The molecule has 3 rings (SSSR count). The van der Waals surface area contributed by atoms with Gasteiger partial charge in [-0.2, -0.15) is 0 Å². The topological polar surface area (TPSA) is 102 Å². The fourth-order valence-electron chi connectivity index (χ4n) is 2.57. The molecule has 1 fully saturated rings. The fourth-order valence-corrected chi connectivity index (χ4v) is 2.57. The predicted molar refractivity (Wildman–Crippen MR) is 87.7 cm³/mol. The zero-order chi connectivity index (χ0) is 18.0. The highest BCUT2D eigenvalue weighted by Gasteiger charge is 2.32. The molecule has 1 atom stereocenters. The van der Waals surface area contributed by atoms with Gasteiger partial charge in [-0.1, -0.05) is 0 Å². The van der Waals surface area contributed by atoms with Gasteiger partial charge in [0.2, 0.25) is 5.91 Å². The largest absolute Gasteiger partial charge is 0.442 e. The van der Waals surface area contributed by atoms with Crippen LogP contribution in [-0.4, -0.2) is 40.7 Å². The first-order valence-electron chi connectivity index (χ1n) is 7.73. The normalized spacial score (nSPS) is 16.8. The van der Waals surface area contributed by atoms with E-state index in [9.17, 15) is 14.0 Å². The number of carbonyl (C=O) groups excluding carboxylic acids is 2. The number of nitrogens with two attached hydrogens (primary N) is 1. The van der Waals surface area contributed by atoms with E-state index < -0.39 is 18.0 Å². The van der Waals surface area contributed by atoms with Crippen LogP contribution in [0.3, 0.4) is 0 Å². The van der Waals surface area contributed by atoms with Crippen LogP contribution in [0.2, 0.25) is 0 Å².